The Morgan fingerprint density at radius 2 is 1.67 bits per heavy atom. The van der Waals surface area contributed by atoms with E-state index in [0.717, 1.165) is 17.5 Å². The SMILES string of the molecule is CC[C@H]1CN2[C@@H](CN(Cc3ccc(F)cc3)C(=O)[C@@H]2Cc2ccc(Cl)cc2)CN1C(=O)OC(C)(C)C. The van der Waals surface area contributed by atoms with E-state index in [4.69, 9.17) is 16.3 Å². The summed E-state index contributed by atoms with van der Waals surface area (Å²) in [6.45, 7) is 9.64. The summed E-state index contributed by atoms with van der Waals surface area (Å²) in [4.78, 5) is 32.8. The van der Waals surface area contributed by atoms with Gasteiger partial charge < -0.3 is 14.5 Å². The van der Waals surface area contributed by atoms with Gasteiger partial charge in [0, 0.05) is 43.3 Å². The van der Waals surface area contributed by atoms with Gasteiger partial charge in [-0.1, -0.05) is 42.8 Å². The van der Waals surface area contributed by atoms with Gasteiger partial charge in [0.05, 0.1) is 6.04 Å². The van der Waals surface area contributed by atoms with Crippen LogP contribution in [0.1, 0.15) is 45.2 Å². The van der Waals surface area contributed by atoms with E-state index in [1.165, 1.54) is 12.1 Å². The molecule has 6 nitrogen and oxygen atoms in total. The van der Waals surface area contributed by atoms with E-state index in [1.54, 1.807) is 12.1 Å². The standard InChI is InChI=1S/C28H35ClFN3O3/c1-5-23-17-32-24(18-33(23)27(35)36-28(2,3)4)16-31(15-20-8-12-22(30)13-9-20)26(34)25(32)14-19-6-10-21(29)11-7-19/h6-13,23-25H,5,14-18H2,1-4H3/t23-,24-,25-/m0/s1. The molecule has 2 aromatic carbocycles. The second-order valence-corrected chi connectivity index (χ2v) is 11.2. The maximum Gasteiger partial charge on any atom is 0.410 e. The fraction of sp³-hybridized carbons (Fsp3) is 0.500. The molecule has 2 fully saturated rings. The number of hydrogen-bond acceptors (Lipinski definition) is 4. The molecule has 2 amide bonds. The first-order valence-corrected chi connectivity index (χ1v) is 12.9. The van der Waals surface area contributed by atoms with Crippen molar-refractivity contribution >= 4 is 23.6 Å². The third-order valence-electron chi connectivity index (χ3n) is 6.90. The first-order valence-electron chi connectivity index (χ1n) is 12.6. The average molecular weight is 516 g/mol. The second kappa shape index (κ2) is 10.8. The number of ether oxygens (including phenoxy) is 1. The number of hydrogen-bond donors (Lipinski definition) is 0. The number of amides is 2. The summed E-state index contributed by atoms with van der Waals surface area (Å²) in [6, 6.07) is 13.4. The number of carbonyl (C=O) groups excluding carboxylic acids is 2. The van der Waals surface area contributed by atoms with Gasteiger partial charge in [-0.15, -0.1) is 0 Å². The summed E-state index contributed by atoms with van der Waals surface area (Å²) in [6.07, 6.45) is 1.00. The van der Waals surface area contributed by atoms with Gasteiger partial charge in [0.15, 0.2) is 0 Å². The van der Waals surface area contributed by atoms with Crippen molar-refractivity contribution in [1.29, 1.82) is 0 Å². The molecular formula is C28H35ClFN3O3. The molecule has 2 aliphatic heterocycles. The van der Waals surface area contributed by atoms with E-state index >= 15 is 0 Å². The van der Waals surface area contributed by atoms with Gasteiger partial charge >= 0.3 is 6.09 Å². The topological polar surface area (TPSA) is 53.1 Å². The molecule has 0 saturated carbocycles. The molecule has 2 aliphatic rings. The molecule has 2 aromatic rings. The Bertz CT molecular complexity index is 1070. The first kappa shape index (κ1) is 26.4. The third kappa shape index (κ3) is 6.19. The Hall–Kier alpha value is -2.64. The molecule has 0 N–H and O–H groups in total. The van der Waals surface area contributed by atoms with Crippen LogP contribution in [0.25, 0.3) is 0 Å². The zero-order chi connectivity index (χ0) is 26.0. The first-order chi connectivity index (χ1) is 17.0. The summed E-state index contributed by atoms with van der Waals surface area (Å²) >= 11 is 6.09. The molecule has 194 valence electrons. The number of nitrogens with zero attached hydrogens (tertiary/aromatic N) is 3. The lowest BCUT2D eigenvalue weighted by Crippen LogP contribution is -2.70. The summed E-state index contributed by atoms with van der Waals surface area (Å²) in [5, 5.41) is 0.654. The molecule has 0 aliphatic carbocycles. The molecule has 0 bridgehead atoms. The van der Waals surface area contributed by atoms with E-state index in [-0.39, 0.29) is 35.9 Å². The molecule has 0 radical (unpaired) electrons. The van der Waals surface area contributed by atoms with Gasteiger partial charge in [-0.05, 0) is 69.0 Å². The van der Waals surface area contributed by atoms with Gasteiger partial charge in [0.25, 0.3) is 0 Å². The van der Waals surface area contributed by atoms with Gasteiger partial charge in [-0.2, -0.15) is 0 Å². The number of benzene rings is 2. The third-order valence-corrected chi connectivity index (χ3v) is 7.15. The molecule has 36 heavy (non-hydrogen) atoms. The Morgan fingerprint density at radius 1 is 1.03 bits per heavy atom. The zero-order valence-electron chi connectivity index (χ0n) is 21.4. The Balaban J connectivity index is 1.61. The van der Waals surface area contributed by atoms with Crippen molar-refractivity contribution < 1.29 is 18.7 Å². The van der Waals surface area contributed by atoms with E-state index in [0.29, 0.717) is 37.6 Å². The highest BCUT2D eigenvalue weighted by Crippen LogP contribution is 2.30. The number of fused-ring (bicyclic) bond motifs is 1. The quantitative estimate of drug-likeness (QED) is 0.554. The monoisotopic (exact) mass is 515 g/mol. The van der Waals surface area contributed by atoms with Crippen LogP contribution >= 0.6 is 11.6 Å². The van der Waals surface area contributed by atoms with Crippen molar-refractivity contribution in [2.75, 3.05) is 19.6 Å². The summed E-state index contributed by atoms with van der Waals surface area (Å²) < 4.78 is 19.2. The van der Waals surface area contributed by atoms with Crippen LogP contribution in [0, 0.1) is 5.82 Å². The normalized spacial score (nSPS) is 22.9. The minimum Gasteiger partial charge on any atom is -0.444 e. The van der Waals surface area contributed by atoms with E-state index in [1.807, 2.05) is 54.8 Å². The maximum atomic E-state index is 13.8. The van der Waals surface area contributed by atoms with E-state index < -0.39 is 5.60 Å². The molecule has 8 heteroatoms. The highest BCUT2D eigenvalue weighted by atomic mass is 35.5. The van der Waals surface area contributed by atoms with Crippen LogP contribution in [0.15, 0.2) is 48.5 Å². The lowest BCUT2D eigenvalue weighted by molar-refractivity contribution is -0.150. The van der Waals surface area contributed by atoms with Crippen molar-refractivity contribution in [2.45, 2.75) is 70.8 Å². The maximum absolute atomic E-state index is 13.8. The molecule has 2 saturated heterocycles. The molecule has 0 aromatic heterocycles. The van der Waals surface area contributed by atoms with Crippen molar-refractivity contribution in [1.82, 2.24) is 14.7 Å². The van der Waals surface area contributed by atoms with Crippen LogP contribution in [0.4, 0.5) is 9.18 Å². The van der Waals surface area contributed by atoms with Crippen LogP contribution in [0.2, 0.25) is 5.02 Å². The highest BCUT2D eigenvalue weighted by Gasteiger charge is 2.47. The largest absolute Gasteiger partial charge is 0.444 e. The predicted molar refractivity (Wildman–Crippen MR) is 138 cm³/mol. The Labute approximate surface area is 218 Å². The minimum atomic E-state index is -0.583. The molecule has 2 heterocycles. The fourth-order valence-corrected chi connectivity index (χ4v) is 5.23. The highest BCUT2D eigenvalue weighted by molar-refractivity contribution is 6.30. The molecule has 0 spiro atoms. The van der Waals surface area contributed by atoms with Gasteiger partial charge in [-0.25, -0.2) is 9.18 Å². The molecule has 3 atom stereocenters. The summed E-state index contributed by atoms with van der Waals surface area (Å²) in [5.41, 5.74) is 1.32. The van der Waals surface area contributed by atoms with Crippen molar-refractivity contribution in [3.63, 3.8) is 0 Å². The van der Waals surface area contributed by atoms with Crippen LogP contribution in [-0.2, 0) is 22.5 Å². The van der Waals surface area contributed by atoms with Gasteiger partial charge in [-0.3, -0.25) is 9.69 Å². The van der Waals surface area contributed by atoms with Crippen LogP contribution in [-0.4, -0.2) is 70.1 Å². The Kier molecular flexibility index (Phi) is 7.90. The summed E-state index contributed by atoms with van der Waals surface area (Å²) in [7, 11) is 0. The van der Waals surface area contributed by atoms with Crippen LogP contribution < -0.4 is 0 Å². The van der Waals surface area contributed by atoms with Crippen LogP contribution in [0.5, 0.6) is 0 Å². The minimum absolute atomic E-state index is 0.0317. The number of halogens is 2. The molecule has 0 unspecified atom stereocenters. The predicted octanol–water partition coefficient (Wildman–Crippen LogP) is 5.13. The van der Waals surface area contributed by atoms with Gasteiger partial charge in [0.2, 0.25) is 5.91 Å². The van der Waals surface area contributed by atoms with Crippen LogP contribution in [0.3, 0.4) is 0 Å². The van der Waals surface area contributed by atoms with Crippen molar-refractivity contribution in [3.8, 4) is 0 Å². The lowest BCUT2D eigenvalue weighted by atomic mass is 9.93. The molecule has 4 rings (SSSR count). The average Bonchev–Trinajstić information content (AvgIpc) is 2.82. The van der Waals surface area contributed by atoms with Gasteiger partial charge in [0.1, 0.15) is 11.4 Å². The van der Waals surface area contributed by atoms with E-state index in [2.05, 4.69) is 11.8 Å². The number of rotatable bonds is 5. The summed E-state index contributed by atoms with van der Waals surface area (Å²) in [5.74, 6) is -0.257. The second-order valence-electron chi connectivity index (χ2n) is 10.7. The Morgan fingerprint density at radius 3 is 2.28 bits per heavy atom. The number of carbonyl (C=O) groups is 2. The smallest absolute Gasteiger partial charge is 0.410 e. The lowest BCUT2D eigenvalue weighted by Gasteiger charge is -2.53. The molecular weight excluding hydrogens is 481 g/mol. The van der Waals surface area contributed by atoms with E-state index in [9.17, 15) is 14.0 Å². The zero-order valence-corrected chi connectivity index (χ0v) is 22.2. The number of piperazine rings is 2. The van der Waals surface area contributed by atoms with Crippen molar-refractivity contribution in [3.05, 3.63) is 70.5 Å². The van der Waals surface area contributed by atoms with Crippen molar-refractivity contribution in [2.24, 2.45) is 0 Å². The fourth-order valence-electron chi connectivity index (χ4n) is 5.11.